The number of hydrogen-bond acceptors (Lipinski definition) is 6. The molecule has 0 radical (unpaired) electrons. The van der Waals surface area contributed by atoms with E-state index < -0.39 is 11.6 Å². The number of benzene rings is 7. The van der Waals surface area contributed by atoms with Crippen LogP contribution in [-0.4, -0.2) is 17.0 Å². The molecule has 1 unspecified atom stereocenters. The molecule has 9 rings (SSSR count). The molecule has 0 saturated carbocycles. The summed E-state index contributed by atoms with van der Waals surface area (Å²) in [5.41, 5.74) is 4.79. The zero-order valence-electron chi connectivity index (χ0n) is 27.1. The highest BCUT2D eigenvalue weighted by molar-refractivity contribution is 6.06. The molecule has 2 N–H and O–H groups in total. The Hall–Kier alpha value is -6.86. The van der Waals surface area contributed by atoms with Crippen LogP contribution in [0, 0.1) is 0 Å². The van der Waals surface area contributed by atoms with Crippen LogP contribution in [0.5, 0.6) is 23.0 Å². The summed E-state index contributed by atoms with van der Waals surface area (Å²) in [4.78, 5) is 26.9. The van der Waals surface area contributed by atoms with Crippen LogP contribution in [-0.2, 0) is 16.9 Å². The summed E-state index contributed by atoms with van der Waals surface area (Å²) in [5, 5.41) is 15.6. The number of carbonyl (C=O) groups excluding carboxylic acids is 2. The number of fused-ring (bicyclic) bond motifs is 7. The van der Waals surface area contributed by atoms with E-state index in [-0.39, 0.29) is 11.7 Å². The van der Waals surface area contributed by atoms with Gasteiger partial charge in [-0.05, 0) is 76.0 Å². The maximum Gasteiger partial charge on any atom is 0.340 e. The van der Waals surface area contributed by atoms with Gasteiger partial charge < -0.3 is 24.6 Å². The Morgan fingerprint density at radius 1 is 0.686 bits per heavy atom. The smallest absolute Gasteiger partial charge is 0.340 e. The Balaban J connectivity index is 1.03. The Morgan fingerprint density at radius 3 is 2.24 bits per heavy atom. The number of amides is 1. The Bertz CT molecular complexity index is 2500. The minimum Gasteiger partial charge on any atom is -0.508 e. The number of ether oxygens (including phenoxy) is 3. The standard InChI is InChI=1S/C44H29NO6/c46-33-18-21-38-40(24-33)50-41-25-34(49-26-31-11-6-10-29-9-4-5-12-35(29)31)19-22-39(41)44(38)37-20-17-32(23-36(37)43(48)51-44)45-42(47)30-15-13-28(14-16-30)27-7-2-1-3-8-27/h1-25,46H,26H2,(H,45,47). The van der Waals surface area contributed by atoms with E-state index >= 15 is 0 Å². The lowest BCUT2D eigenvalue weighted by Crippen LogP contribution is -2.33. The molecule has 7 heteroatoms. The van der Waals surface area contributed by atoms with E-state index in [4.69, 9.17) is 14.2 Å². The first kappa shape index (κ1) is 30.2. The summed E-state index contributed by atoms with van der Waals surface area (Å²) in [7, 11) is 0. The molecule has 0 bridgehead atoms. The summed E-state index contributed by atoms with van der Waals surface area (Å²) in [6.07, 6.45) is 0. The van der Waals surface area contributed by atoms with Crippen molar-refractivity contribution in [3.8, 4) is 34.1 Å². The molecule has 1 amide bonds. The molecule has 246 valence electrons. The van der Waals surface area contributed by atoms with Crippen LogP contribution in [0.4, 0.5) is 5.69 Å². The number of carbonyl (C=O) groups is 2. The van der Waals surface area contributed by atoms with Crippen LogP contribution in [0.2, 0.25) is 0 Å². The zero-order chi connectivity index (χ0) is 34.5. The lowest BCUT2D eigenvalue weighted by Gasteiger charge is -2.36. The molecule has 1 spiro atoms. The number of rotatable bonds is 6. The molecule has 2 aliphatic rings. The Morgan fingerprint density at radius 2 is 1.39 bits per heavy atom. The van der Waals surface area contributed by atoms with Gasteiger partial charge in [0.05, 0.1) is 5.56 Å². The van der Waals surface area contributed by atoms with Crippen LogP contribution >= 0.6 is 0 Å². The van der Waals surface area contributed by atoms with E-state index in [1.165, 1.54) is 6.07 Å². The van der Waals surface area contributed by atoms with Crippen molar-refractivity contribution in [1.29, 1.82) is 0 Å². The SMILES string of the molecule is O=C(Nc1ccc2c(c1)C(=O)OC21c2ccc(O)cc2Oc2cc(OCc3cccc4ccccc34)ccc21)c1ccc(-c2ccccc2)cc1. The van der Waals surface area contributed by atoms with Gasteiger partial charge >= 0.3 is 5.97 Å². The lowest BCUT2D eigenvalue weighted by molar-refractivity contribution is 0.0224. The molecule has 7 aromatic carbocycles. The maximum atomic E-state index is 13.7. The number of esters is 1. The first-order valence-corrected chi connectivity index (χ1v) is 16.6. The maximum absolute atomic E-state index is 13.7. The van der Waals surface area contributed by atoms with E-state index in [1.807, 2.05) is 78.9 Å². The summed E-state index contributed by atoms with van der Waals surface area (Å²) < 4.78 is 18.9. The molecule has 0 saturated heterocycles. The van der Waals surface area contributed by atoms with Gasteiger partial charge in [-0.2, -0.15) is 0 Å². The van der Waals surface area contributed by atoms with E-state index in [0.29, 0.717) is 57.4 Å². The highest BCUT2D eigenvalue weighted by Gasteiger charge is 2.53. The fourth-order valence-corrected chi connectivity index (χ4v) is 7.09. The number of nitrogens with one attached hydrogen (secondary N) is 1. The normalized spacial score (nSPS) is 15.3. The van der Waals surface area contributed by atoms with E-state index in [9.17, 15) is 14.7 Å². The van der Waals surface area contributed by atoms with E-state index in [1.54, 1.807) is 48.5 Å². The number of anilines is 1. The monoisotopic (exact) mass is 667 g/mol. The van der Waals surface area contributed by atoms with Gasteiger partial charge in [-0.3, -0.25) is 4.79 Å². The van der Waals surface area contributed by atoms with Gasteiger partial charge in [0.1, 0.15) is 29.6 Å². The van der Waals surface area contributed by atoms with Gasteiger partial charge in [0.15, 0.2) is 5.60 Å². The van der Waals surface area contributed by atoms with Crippen molar-refractivity contribution in [2.45, 2.75) is 12.2 Å². The predicted molar refractivity (Wildman–Crippen MR) is 194 cm³/mol. The molecular weight excluding hydrogens is 638 g/mol. The molecule has 7 aromatic rings. The predicted octanol–water partition coefficient (Wildman–Crippen LogP) is 9.61. The van der Waals surface area contributed by atoms with Gasteiger partial charge in [-0.25, -0.2) is 4.79 Å². The van der Waals surface area contributed by atoms with Crippen molar-refractivity contribution in [2.24, 2.45) is 0 Å². The molecule has 2 aliphatic heterocycles. The Kier molecular flexibility index (Phi) is 7.07. The second-order valence-corrected chi connectivity index (χ2v) is 12.6. The minimum atomic E-state index is -1.35. The van der Waals surface area contributed by atoms with Crippen LogP contribution in [0.3, 0.4) is 0 Å². The summed E-state index contributed by atoms with van der Waals surface area (Å²) in [6.45, 7) is 0.339. The molecule has 2 heterocycles. The van der Waals surface area contributed by atoms with Crippen LogP contribution in [0.15, 0.2) is 152 Å². The summed E-state index contributed by atoms with van der Waals surface area (Å²) in [5.74, 6) is 0.515. The average Bonchev–Trinajstić information content (AvgIpc) is 3.45. The highest BCUT2D eigenvalue weighted by Crippen LogP contribution is 2.57. The second-order valence-electron chi connectivity index (χ2n) is 12.6. The first-order chi connectivity index (χ1) is 25.0. The number of aromatic hydroxyl groups is 1. The fourth-order valence-electron chi connectivity index (χ4n) is 7.09. The second kappa shape index (κ2) is 11.9. The minimum absolute atomic E-state index is 0.00937. The van der Waals surface area contributed by atoms with Crippen LogP contribution < -0.4 is 14.8 Å². The molecule has 1 atom stereocenters. The number of phenolic OH excluding ortho intramolecular Hbond substituents is 1. The van der Waals surface area contributed by atoms with Crippen molar-refractivity contribution < 1.29 is 28.9 Å². The van der Waals surface area contributed by atoms with Crippen LogP contribution in [0.1, 0.15) is 43.0 Å². The van der Waals surface area contributed by atoms with Crippen molar-refractivity contribution in [1.82, 2.24) is 0 Å². The fraction of sp³-hybridized carbons (Fsp3) is 0.0455. The van der Waals surface area contributed by atoms with Crippen molar-refractivity contribution in [3.05, 3.63) is 185 Å². The van der Waals surface area contributed by atoms with Gasteiger partial charge in [0.2, 0.25) is 0 Å². The first-order valence-electron chi connectivity index (χ1n) is 16.6. The van der Waals surface area contributed by atoms with Gasteiger partial charge in [-0.15, -0.1) is 0 Å². The number of phenols is 1. The summed E-state index contributed by atoms with van der Waals surface area (Å²) >= 11 is 0. The van der Waals surface area contributed by atoms with Gasteiger partial charge in [0.25, 0.3) is 5.91 Å². The third-order valence-electron chi connectivity index (χ3n) is 9.55. The molecular formula is C44H29NO6. The quantitative estimate of drug-likeness (QED) is 0.172. The summed E-state index contributed by atoms with van der Waals surface area (Å²) in [6, 6.07) is 47.0. The van der Waals surface area contributed by atoms with Crippen molar-refractivity contribution in [3.63, 3.8) is 0 Å². The van der Waals surface area contributed by atoms with E-state index in [0.717, 1.165) is 27.5 Å². The lowest BCUT2D eigenvalue weighted by atomic mass is 9.77. The highest BCUT2D eigenvalue weighted by atomic mass is 16.6. The third-order valence-corrected chi connectivity index (χ3v) is 9.55. The Labute approximate surface area is 293 Å². The molecule has 0 fully saturated rings. The van der Waals surface area contributed by atoms with Crippen molar-refractivity contribution >= 4 is 28.3 Å². The van der Waals surface area contributed by atoms with Gasteiger partial charge in [0, 0.05) is 40.1 Å². The van der Waals surface area contributed by atoms with E-state index in [2.05, 4.69) is 23.5 Å². The molecule has 51 heavy (non-hydrogen) atoms. The van der Waals surface area contributed by atoms with Crippen LogP contribution in [0.25, 0.3) is 21.9 Å². The number of hydrogen-bond donors (Lipinski definition) is 2. The zero-order valence-corrected chi connectivity index (χ0v) is 27.1. The van der Waals surface area contributed by atoms with Crippen molar-refractivity contribution in [2.75, 3.05) is 5.32 Å². The average molecular weight is 668 g/mol. The third kappa shape index (κ3) is 5.14. The van der Waals surface area contributed by atoms with Gasteiger partial charge in [-0.1, -0.05) is 91.0 Å². The molecule has 0 aliphatic carbocycles. The largest absolute Gasteiger partial charge is 0.508 e. The molecule has 0 aromatic heterocycles. The molecule has 7 nitrogen and oxygen atoms in total. The topological polar surface area (TPSA) is 94.1 Å².